The van der Waals surface area contributed by atoms with E-state index in [-0.39, 0.29) is 24.0 Å². The van der Waals surface area contributed by atoms with Gasteiger partial charge in [0.05, 0.1) is 0 Å². The third-order valence-electron chi connectivity index (χ3n) is 5.30. The lowest BCUT2D eigenvalue weighted by atomic mass is 10.0. The van der Waals surface area contributed by atoms with Gasteiger partial charge in [-0.2, -0.15) is 0 Å². The minimum absolute atomic E-state index is 0. The van der Waals surface area contributed by atoms with Crippen LogP contribution < -0.4 is 15.4 Å². The highest BCUT2D eigenvalue weighted by molar-refractivity contribution is 14.0. The molecule has 166 valence electrons. The molecule has 1 heterocycles. The van der Waals surface area contributed by atoms with E-state index in [1.807, 2.05) is 19.2 Å². The van der Waals surface area contributed by atoms with E-state index in [9.17, 15) is 0 Å². The van der Waals surface area contributed by atoms with E-state index in [0.717, 1.165) is 43.9 Å². The zero-order valence-corrected chi connectivity index (χ0v) is 20.9. The second-order valence-electron chi connectivity index (χ2n) is 7.75. The molecule has 2 N–H and O–H groups in total. The zero-order valence-electron chi connectivity index (χ0n) is 18.6. The summed E-state index contributed by atoms with van der Waals surface area (Å²) in [5.74, 6) is 1.77. The highest BCUT2D eigenvalue weighted by atomic mass is 127. The van der Waals surface area contributed by atoms with Crippen LogP contribution in [0.3, 0.4) is 0 Å². The van der Waals surface area contributed by atoms with Crippen molar-refractivity contribution in [2.45, 2.75) is 45.2 Å². The van der Waals surface area contributed by atoms with Crippen molar-refractivity contribution >= 4 is 29.9 Å². The molecule has 6 nitrogen and oxygen atoms in total. The van der Waals surface area contributed by atoms with Crippen molar-refractivity contribution < 1.29 is 4.74 Å². The standard InChI is InChI=1S/C22H39N5O.HI/c1-5-20-10-6-7-13-27(20)14-12-24-22(23-2)25-18-19-9-8-11-21(17-19)28-16-15-26(3)4;/h8-9,11,17,20H,5-7,10,12-16,18H2,1-4H3,(H2,23,24,25);1H. The maximum absolute atomic E-state index is 5.82. The van der Waals surface area contributed by atoms with Crippen LogP contribution in [-0.2, 0) is 6.54 Å². The van der Waals surface area contributed by atoms with Crippen LogP contribution in [0.5, 0.6) is 5.75 Å². The number of likely N-dealkylation sites (tertiary alicyclic amines) is 1. The fourth-order valence-corrected chi connectivity index (χ4v) is 3.63. The molecular formula is C22H40IN5O. The Kier molecular flexibility index (Phi) is 13.3. The topological polar surface area (TPSA) is 52.1 Å². The highest BCUT2D eigenvalue weighted by Crippen LogP contribution is 2.18. The largest absolute Gasteiger partial charge is 0.492 e. The smallest absolute Gasteiger partial charge is 0.191 e. The Labute approximate surface area is 194 Å². The molecule has 1 atom stereocenters. The molecular weight excluding hydrogens is 477 g/mol. The maximum Gasteiger partial charge on any atom is 0.191 e. The average molecular weight is 518 g/mol. The summed E-state index contributed by atoms with van der Waals surface area (Å²) in [4.78, 5) is 9.10. The van der Waals surface area contributed by atoms with Gasteiger partial charge in [-0.25, -0.2) is 0 Å². The quantitative estimate of drug-likeness (QED) is 0.284. The van der Waals surface area contributed by atoms with Crippen LogP contribution in [0.25, 0.3) is 0 Å². The first-order chi connectivity index (χ1) is 13.6. The number of guanidine groups is 1. The van der Waals surface area contributed by atoms with Gasteiger partial charge in [0.2, 0.25) is 0 Å². The lowest BCUT2D eigenvalue weighted by Crippen LogP contribution is -2.45. The van der Waals surface area contributed by atoms with Gasteiger partial charge in [0.15, 0.2) is 5.96 Å². The number of aliphatic imine (C=N–C) groups is 1. The van der Waals surface area contributed by atoms with Gasteiger partial charge >= 0.3 is 0 Å². The fourth-order valence-electron chi connectivity index (χ4n) is 3.63. The Morgan fingerprint density at radius 3 is 2.83 bits per heavy atom. The average Bonchev–Trinajstić information content (AvgIpc) is 2.71. The summed E-state index contributed by atoms with van der Waals surface area (Å²) >= 11 is 0. The zero-order chi connectivity index (χ0) is 20.2. The summed E-state index contributed by atoms with van der Waals surface area (Å²) in [6, 6.07) is 9.00. The molecule has 0 saturated carbocycles. The highest BCUT2D eigenvalue weighted by Gasteiger charge is 2.19. The van der Waals surface area contributed by atoms with E-state index in [1.165, 1.54) is 37.8 Å². The summed E-state index contributed by atoms with van der Waals surface area (Å²) in [6.45, 7) is 7.86. The van der Waals surface area contributed by atoms with Crippen molar-refractivity contribution in [1.82, 2.24) is 20.4 Å². The van der Waals surface area contributed by atoms with Crippen LogP contribution in [0.2, 0.25) is 0 Å². The molecule has 1 aliphatic heterocycles. The summed E-state index contributed by atoms with van der Waals surface area (Å²) in [5, 5.41) is 6.86. The SMILES string of the molecule is CCC1CCCCN1CCNC(=NC)NCc1cccc(OCCN(C)C)c1.I. The molecule has 0 spiro atoms. The molecule has 29 heavy (non-hydrogen) atoms. The van der Waals surface area contributed by atoms with E-state index in [0.29, 0.717) is 6.61 Å². The van der Waals surface area contributed by atoms with Gasteiger partial charge in [-0.05, 0) is 57.6 Å². The number of hydrogen-bond donors (Lipinski definition) is 2. The van der Waals surface area contributed by atoms with Crippen LogP contribution in [0.15, 0.2) is 29.3 Å². The Balaban J connectivity index is 0.00000420. The van der Waals surface area contributed by atoms with Crippen LogP contribution in [0.4, 0.5) is 0 Å². The lowest BCUT2D eigenvalue weighted by Gasteiger charge is -2.35. The first kappa shape index (κ1) is 26.0. The lowest BCUT2D eigenvalue weighted by molar-refractivity contribution is 0.147. The molecule has 0 aliphatic carbocycles. The van der Waals surface area contributed by atoms with Crippen LogP contribution in [0.1, 0.15) is 38.2 Å². The predicted octanol–water partition coefficient (Wildman–Crippen LogP) is 3.17. The first-order valence-electron chi connectivity index (χ1n) is 10.7. The molecule has 7 heteroatoms. The minimum Gasteiger partial charge on any atom is -0.492 e. The minimum atomic E-state index is 0. The van der Waals surface area contributed by atoms with Gasteiger partial charge in [0.1, 0.15) is 12.4 Å². The summed E-state index contributed by atoms with van der Waals surface area (Å²) in [5.41, 5.74) is 1.19. The number of halogens is 1. The molecule has 1 saturated heterocycles. The van der Waals surface area contributed by atoms with E-state index in [1.54, 1.807) is 0 Å². The van der Waals surface area contributed by atoms with Crippen LogP contribution in [-0.4, -0.2) is 75.7 Å². The van der Waals surface area contributed by atoms with Gasteiger partial charge in [0, 0.05) is 39.3 Å². The summed E-state index contributed by atoms with van der Waals surface area (Å²) < 4.78 is 5.82. The van der Waals surface area contributed by atoms with Crippen molar-refractivity contribution in [3.05, 3.63) is 29.8 Å². The molecule has 2 rings (SSSR count). The Morgan fingerprint density at radius 2 is 2.10 bits per heavy atom. The number of ether oxygens (including phenoxy) is 1. The number of hydrogen-bond acceptors (Lipinski definition) is 4. The summed E-state index contributed by atoms with van der Waals surface area (Å²) in [7, 11) is 5.93. The molecule has 1 unspecified atom stereocenters. The van der Waals surface area contributed by atoms with Crippen LogP contribution in [0, 0.1) is 0 Å². The molecule has 1 aliphatic rings. The van der Waals surface area contributed by atoms with E-state index >= 15 is 0 Å². The molecule has 0 radical (unpaired) electrons. The van der Waals surface area contributed by atoms with E-state index < -0.39 is 0 Å². The van der Waals surface area contributed by atoms with Gasteiger partial charge in [-0.1, -0.05) is 25.5 Å². The van der Waals surface area contributed by atoms with Crippen molar-refractivity contribution in [3.8, 4) is 5.75 Å². The summed E-state index contributed by atoms with van der Waals surface area (Å²) in [6.07, 6.45) is 5.30. The maximum atomic E-state index is 5.82. The third kappa shape index (κ3) is 10.00. The molecule has 0 amide bonds. The number of likely N-dealkylation sites (N-methyl/N-ethyl adjacent to an activating group) is 1. The molecule has 0 aromatic heterocycles. The van der Waals surface area contributed by atoms with Gasteiger partial charge in [-0.3, -0.25) is 9.89 Å². The Morgan fingerprint density at radius 1 is 1.28 bits per heavy atom. The van der Waals surface area contributed by atoms with Crippen molar-refractivity contribution in [1.29, 1.82) is 0 Å². The molecule has 0 bridgehead atoms. The second kappa shape index (κ2) is 14.8. The number of nitrogens with one attached hydrogen (secondary N) is 2. The fraction of sp³-hybridized carbons (Fsp3) is 0.682. The molecule has 1 fully saturated rings. The number of benzene rings is 1. The van der Waals surface area contributed by atoms with Gasteiger partial charge < -0.3 is 20.3 Å². The number of rotatable bonds is 10. The first-order valence-corrected chi connectivity index (χ1v) is 10.7. The monoisotopic (exact) mass is 517 g/mol. The number of nitrogens with zero attached hydrogens (tertiary/aromatic N) is 3. The molecule has 1 aromatic rings. The predicted molar refractivity (Wildman–Crippen MR) is 134 cm³/mol. The second-order valence-corrected chi connectivity index (χ2v) is 7.75. The Bertz CT molecular complexity index is 596. The van der Waals surface area contributed by atoms with Gasteiger partial charge in [0.25, 0.3) is 0 Å². The Hall–Kier alpha value is -1.06. The van der Waals surface area contributed by atoms with E-state index in [2.05, 4.69) is 58.6 Å². The molecule has 1 aromatic carbocycles. The van der Waals surface area contributed by atoms with Crippen molar-refractivity contribution in [3.63, 3.8) is 0 Å². The van der Waals surface area contributed by atoms with E-state index in [4.69, 9.17) is 4.74 Å². The van der Waals surface area contributed by atoms with Crippen molar-refractivity contribution in [2.75, 3.05) is 53.9 Å². The van der Waals surface area contributed by atoms with Crippen LogP contribution >= 0.6 is 24.0 Å². The van der Waals surface area contributed by atoms with Crippen molar-refractivity contribution in [2.24, 2.45) is 4.99 Å². The van der Waals surface area contributed by atoms with Gasteiger partial charge in [-0.15, -0.1) is 24.0 Å². The number of piperidine rings is 1. The normalized spacial score (nSPS) is 17.7. The third-order valence-corrected chi connectivity index (χ3v) is 5.30.